The molecule has 0 spiro atoms. The predicted molar refractivity (Wildman–Crippen MR) is 97.0 cm³/mol. The lowest BCUT2D eigenvalue weighted by Crippen LogP contribution is -2.29. The summed E-state index contributed by atoms with van der Waals surface area (Å²) in [6.07, 6.45) is 20.7. The van der Waals surface area contributed by atoms with E-state index in [1.807, 2.05) is 56.2 Å². The van der Waals surface area contributed by atoms with Crippen LogP contribution in [-0.4, -0.2) is 53.2 Å². The van der Waals surface area contributed by atoms with Gasteiger partial charge < -0.3 is 18.6 Å². The summed E-state index contributed by atoms with van der Waals surface area (Å²) >= 11 is 0. The highest BCUT2D eigenvalue weighted by Crippen LogP contribution is 2.02. The first-order chi connectivity index (χ1) is 12.4. The van der Waals surface area contributed by atoms with Crippen LogP contribution in [0, 0.1) is 0 Å². The molecule has 3 aromatic rings. The molecule has 25 heavy (non-hydrogen) atoms. The molecule has 3 heterocycles. The molecule has 0 aromatic carbocycles. The van der Waals surface area contributed by atoms with E-state index in [9.17, 15) is 0 Å². The Labute approximate surface area is 149 Å². The van der Waals surface area contributed by atoms with E-state index in [1.54, 1.807) is 0 Å². The van der Waals surface area contributed by atoms with E-state index >= 15 is 0 Å². The van der Waals surface area contributed by atoms with Crippen LogP contribution in [0.1, 0.15) is 19.3 Å². The molecule has 0 N–H and O–H groups in total. The van der Waals surface area contributed by atoms with Gasteiger partial charge in [0, 0.05) is 56.8 Å². The molecule has 134 valence electrons. The number of imidazole rings is 3. The summed E-state index contributed by atoms with van der Waals surface area (Å²) in [6.45, 7) is 6.43. The first-order valence-corrected chi connectivity index (χ1v) is 9.00. The predicted octanol–water partition coefficient (Wildman–Crippen LogP) is 2.15. The molecule has 0 atom stereocenters. The van der Waals surface area contributed by atoms with Crippen molar-refractivity contribution in [3.63, 3.8) is 0 Å². The van der Waals surface area contributed by atoms with Gasteiger partial charge in [0.1, 0.15) is 0 Å². The highest BCUT2D eigenvalue weighted by Gasteiger charge is 2.05. The Morgan fingerprint density at radius 1 is 0.560 bits per heavy atom. The number of hydrogen-bond donors (Lipinski definition) is 0. The molecular weight excluding hydrogens is 314 g/mol. The Morgan fingerprint density at radius 2 is 0.920 bits per heavy atom. The van der Waals surface area contributed by atoms with Gasteiger partial charge in [-0.1, -0.05) is 0 Å². The van der Waals surface area contributed by atoms with Crippen LogP contribution in [0.25, 0.3) is 0 Å². The van der Waals surface area contributed by atoms with E-state index in [2.05, 4.69) is 33.6 Å². The van der Waals surface area contributed by atoms with E-state index in [4.69, 9.17) is 0 Å². The number of aromatic nitrogens is 6. The maximum absolute atomic E-state index is 4.11. The largest absolute Gasteiger partial charge is 0.337 e. The fourth-order valence-electron chi connectivity index (χ4n) is 3.02. The molecule has 0 aliphatic rings. The SMILES string of the molecule is c1cn(CCCN(CCCn2ccnc2)CCCn2ccnc2)cn1. The second-order valence-electron chi connectivity index (χ2n) is 6.30. The van der Waals surface area contributed by atoms with Crippen LogP contribution in [0.15, 0.2) is 56.2 Å². The summed E-state index contributed by atoms with van der Waals surface area (Å²) in [5.74, 6) is 0. The van der Waals surface area contributed by atoms with E-state index in [0.717, 1.165) is 58.5 Å². The summed E-state index contributed by atoms with van der Waals surface area (Å²) in [6, 6.07) is 0. The van der Waals surface area contributed by atoms with Gasteiger partial charge in [0.15, 0.2) is 0 Å². The van der Waals surface area contributed by atoms with Crippen molar-refractivity contribution in [1.29, 1.82) is 0 Å². The normalized spacial score (nSPS) is 11.4. The van der Waals surface area contributed by atoms with E-state index in [0.29, 0.717) is 0 Å². The van der Waals surface area contributed by atoms with Crippen LogP contribution < -0.4 is 0 Å². The highest BCUT2D eigenvalue weighted by atomic mass is 15.1. The quantitative estimate of drug-likeness (QED) is 0.506. The summed E-state index contributed by atoms with van der Waals surface area (Å²) in [7, 11) is 0. The minimum atomic E-state index is 1.03. The van der Waals surface area contributed by atoms with Crippen LogP contribution in [0.5, 0.6) is 0 Å². The lowest BCUT2D eigenvalue weighted by molar-refractivity contribution is 0.250. The molecule has 0 saturated heterocycles. The Kier molecular flexibility index (Phi) is 6.81. The van der Waals surface area contributed by atoms with Crippen LogP contribution >= 0.6 is 0 Å². The Hall–Kier alpha value is -2.41. The third kappa shape index (κ3) is 6.19. The van der Waals surface area contributed by atoms with E-state index in [1.165, 1.54) is 0 Å². The smallest absolute Gasteiger partial charge is 0.0945 e. The van der Waals surface area contributed by atoms with Gasteiger partial charge >= 0.3 is 0 Å². The first kappa shape index (κ1) is 17.4. The van der Waals surface area contributed by atoms with Gasteiger partial charge in [-0.3, -0.25) is 0 Å². The van der Waals surface area contributed by atoms with Gasteiger partial charge in [-0.05, 0) is 38.9 Å². The van der Waals surface area contributed by atoms with Crippen LogP contribution in [0.3, 0.4) is 0 Å². The van der Waals surface area contributed by atoms with E-state index in [-0.39, 0.29) is 0 Å². The average molecular weight is 341 g/mol. The monoisotopic (exact) mass is 341 g/mol. The number of hydrogen-bond acceptors (Lipinski definition) is 4. The van der Waals surface area contributed by atoms with Crippen molar-refractivity contribution in [2.24, 2.45) is 0 Å². The van der Waals surface area contributed by atoms with Crippen molar-refractivity contribution in [3.05, 3.63) is 56.2 Å². The van der Waals surface area contributed by atoms with Gasteiger partial charge in [-0.15, -0.1) is 0 Å². The molecule has 7 nitrogen and oxygen atoms in total. The highest BCUT2D eigenvalue weighted by molar-refractivity contribution is 4.76. The van der Waals surface area contributed by atoms with Crippen molar-refractivity contribution in [3.8, 4) is 0 Å². The third-order valence-corrected chi connectivity index (χ3v) is 4.35. The number of aryl methyl sites for hydroxylation is 3. The molecule has 0 unspecified atom stereocenters. The van der Waals surface area contributed by atoms with Gasteiger partial charge in [-0.25, -0.2) is 15.0 Å². The van der Waals surface area contributed by atoms with Gasteiger partial charge in [0.2, 0.25) is 0 Å². The number of rotatable bonds is 12. The van der Waals surface area contributed by atoms with Crippen molar-refractivity contribution in [2.45, 2.75) is 38.9 Å². The molecule has 7 heteroatoms. The molecule has 0 aliphatic carbocycles. The summed E-state index contributed by atoms with van der Waals surface area (Å²) < 4.78 is 6.44. The topological polar surface area (TPSA) is 56.7 Å². The van der Waals surface area contributed by atoms with Gasteiger partial charge in [-0.2, -0.15) is 0 Å². The maximum Gasteiger partial charge on any atom is 0.0945 e. The molecule has 0 fully saturated rings. The van der Waals surface area contributed by atoms with Crippen molar-refractivity contribution >= 4 is 0 Å². The average Bonchev–Trinajstić information content (AvgIpc) is 3.38. The second kappa shape index (κ2) is 9.78. The van der Waals surface area contributed by atoms with Crippen LogP contribution in [0.4, 0.5) is 0 Å². The second-order valence-corrected chi connectivity index (χ2v) is 6.30. The summed E-state index contributed by atoms with van der Waals surface area (Å²) in [5, 5.41) is 0. The molecule has 0 bridgehead atoms. The van der Waals surface area contributed by atoms with Gasteiger partial charge in [0.25, 0.3) is 0 Å². The van der Waals surface area contributed by atoms with Crippen LogP contribution in [-0.2, 0) is 19.6 Å². The Balaban J connectivity index is 1.40. The Morgan fingerprint density at radius 3 is 1.20 bits per heavy atom. The molecule has 0 amide bonds. The zero-order valence-corrected chi connectivity index (χ0v) is 14.7. The minimum Gasteiger partial charge on any atom is -0.337 e. The Bertz CT molecular complexity index is 563. The van der Waals surface area contributed by atoms with Gasteiger partial charge in [0.05, 0.1) is 19.0 Å². The first-order valence-electron chi connectivity index (χ1n) is 9.00. The van der Waals surface area contributed by atoms with Crippen molar-refractivity contribution in [1.82, 2.24) is 33.6 Å². The van der Waals surface area contributed by atoms with E-state index < -0.39 is 0 Å². The number of nitrogens with zero attached hydrogens (tertiary/aromatic N) is 7. The lowest BCUT2D eigenvalue weighted by Gasteiger charge is -2.22. The minimum absolute atomic E-state index is 1.03. The maximum atomic E-state index is 4.11. The third-order valence-electron chi connectivity index (χ3n) is 4.35. The molecular formula is C18H27N7. The molecule has 3 aromatic heterocycles. The van der Waals surface area contributed by atoms with Crippen LogP contribution in [0.2, 0.25) is 0 Å². The fraction of sp³-hybridized carbons (Fsp3) is 0.500. The zero-order chi connectivity index (χ0) is 17.2. The molecule has 0 aliphatic heterocycles. The fourth-order valence-corrected chi connectivity index (χ4v) is 3.02. The van der Waals surface area contributed by atoms with Crippen molar-refractivity contribution < 1.29 is 0 Å². The molecule has 0 radical (unpaired) electrons. The van der Waals surface area contributed by atoms with Crippen molar-refractivity contribution in [2.75, 3.05) is 19.6 Å². The lowest BCUT2D eigenvalue weighted by atomic mass is 10.3. The summed E-state index contributed by atoms with van der Waals surface area (Å²) in [5.41, 5.74) is 0. The zero-order valence-electron chi connectivity index (χ0n) is 14.7. The summed E-state index contributed by atoms with van der Waals surface area (Å²) in [4.78, 5) is 14.9. The standard InChI is InChI=1S/C18H27N7/c1(10-23-13-4-19-16-23)7-22(8-2-11-24-14-5-20-17-24)9-3-12-25-15-6-21-18-25/h4-6,13-18H,1-3,7-12H2. The molecule has 0 saturated carbocycles. The molecule has 3 rings (SSSR count).